The Morgan fingerprint density at radius 2 is 2.00 bits per heavy atom. The summed E-state index contributed by atoms with van der Waals surface area (Å²) in [6, 6.07) is 11.5. The number of benzene rings is 1. The summed E-state index contributed by atoms with van der Waals surface area (Å²) >= 11 is 1.95. The minimum absolute atomic E-state index is 0.762. The van der Waals surface area contributed by atoms with E-state index in [1.54, 1.807) is 0 Å². The normalized spacial score (nSPS) is 23.7. The molecule has 0 saturated heterocycles. The molecule has 0 radical (unpaired) electrons. The predicted molar refractivity (Wildman–Crippen MR) is 85.8 cm³/mol. The average Bonchev–Trinajstić information content (AvgIpc) is 2.45. The molecule has 0 aliphatic heterocycles. The Morgan fingerprint density at radius 3 is 2.74 bits per heavy atom. The van der Waals surface area contributed by atoms with Crippen LogP contribution in [-0.2, 0) is 0 Å². The van der Waals surface area contributed by atoms with E-state index in [1.165, 1.54) is 36.3 Å². The van der Waals surface area contributed by atoms with Crippen LogP contribution >= 0.6 is 11.8 Å². The lowest BCUT2D eigenvalue weighted by Gasteiger charge is -2.32. The van der Waals surface area contributed by atoms with Crippen molar-refractivity contribution >= 4 is 11.8 Å². The largest absolute Gasteiger partial charge is 0.313 e. The molecule has 1 aromatic carbocycles. The summed E-state index contributed by atoms with van der Waals surface area (Å²) in [4.78, 5) is 1.38. The van der Waals surface area contributed by atoms with Crippen LogP contribution in [0.25, 0.3) is 0 Å². The van der Waals surface area contributed by atoms with Crippen LogP contribution in [0.3, 0.4) is 0 Å². The zero-order valence-electron chi connectivity index (χ0n) is 12.3. The van der Waals surface area contributed by atoms with Crippen LogP contribution in [0.2, 0.25) is 0 Å². The van der Waals surface area contributed by atoms with Crippen molar-refractivity contribution in [3.05, 3.63) is 30.3 Å². The van der Waals surface area contributed by atoms with Crippen molar-refractivity contribution in [2.75, 3.05) is 12.3 Å². The predicted octanol–water partition coefficient (Wildman–Crippen LogP) is 4.58. The van der Waals surface area contributed by atoms with Crippen molar-refractivity contribution in [1.82, 2.24) is 5.32 Å². The van der Waals surface area contributed by atoms with Crippen LogP contribution in [0.15, 0.2) is 35.2 Å². The molecule has 2 unspecified atom stereocenters. The SMILES string of the molecule is CC(C)C1CCCC(NCCSc2ccccc2)C1. The number of hydrogen-bond donors (Lipinski definition) is 1. The highest BCUT2D eigenvalue weighted by Crippen LogP contribution is 2.29. The average molecular weight is 277 g/mol. The van der Waals surface area contributed by atoms with Gasteiger partial charge < -0.3 is 5.32 Å². The number of hydrogen-bond acceptors (Lipinski definition) is 2. The Kier molecular flexibility index (Phi) is 6.25. The molecule has 2 atom stereocenters. The molecule has 0 amide bonds. The van der Waals surface area contributed by atoms with E-state index in [-0.39, 0.29) is 0 Å². The Labute approximate surface area is 122 Å². The molecule has 0 spiro atoms. The first-order chi connectivity index (χ1) is 9.25. The second kappa shape index (κ2) is 7.96. The van der Waals surface area contributed by atoms with Crippen molar-refractivity contribution in [1.29, 1.82) is 0 Å². The maximum atomic E-state index is 3.76. The molecule has 106 valence electrons. The van der Waals surface area contributed by atoms with Gasteiger partial charge in [-0.15, -0.1) is 11.8 Å². The van der Waals surface area contributed by atoms with Crippen molar-refractivity contribution < 1.29 is 0 Å². The van der Waals surface area contributed by atoms with E-state index in [4.69, 9.17) is 0 Å². The highest BCUT2D eigenvalue weighted by Gasteiger charge is 2.23. The highest BCUT2D eigenvalue weighted by molar-refractivity contribution is 7.99. The van der Waals surface area contributed by atoms with Gasteiger partial charge in [-0.3, -0.25) is 0 Å². The summed E-state index contributed by atoms with van der Waals surface area (Å²) < 4.78 is 0. The molecule has 0 heterocycles. The molecule has 0 aromatic heterocycles. The fourth-order valence-electron chi connectivity index (χ4n) is 2.97. The molecular formula is C17H27NS. The summed E-state index contributed by atoms with van der Waals surface area (Å²) in [6.45, 7) is 5.88. The van der Waals surface area contributed by atoms with Crippen LogP contribution in [0.5, 0.6) is 0 Å². The van der Waals surface area contributed by atoms with Gasteiger partial charge in [-0.05, 0) is 36.8 Å². The van der Waals surface area contributed by atoms with Gasteiger partial charge in [-0.1, -0.05) is 44.9 Å². The van der Waals surface area contributed by atoms with Crippen molar-refractivity contribution in [2.45, 2.75) is 50.5 Å². The molecule has 1 aliphatic carbocycles. The van der Waals surface area contributed by atoms with Gasteiger partial charge >= 0.3 is 0 Å². The van der Waals surface area contributed by atoms with E-state index in [1.807, 2.05) is 11.8 Å². The first-order valence-corrected chi connectivity index (χ1v) is 8.65. The zero-order valence-corrected chi connectivity index (χ0v) is 13.1. The minimum Gasteiger partial charge on any atom is -0.313 e. The number of rotatable bonds is 6. The van der Waals surface area contributed by atoms with Crippen molar-refractivity contribution in [3.63, 3.8) is 0 Å². The monoisotopic (exact) mass is 277 g/mol. The first kappa shape index (κ1) is 14.9. The zero-order chi connectivity index (χ0) is 13.5. The molecule has 0 bridgehead atoms. The van der Waals surface area contributed by atoms with Gasteiger partial charge in [0.25, 0.3) is 0 Å². The van der Waals surface area contributed by atoms with E-state index in [9.17, 15) is 0 Å². The fourth-order valence-corrected chi connectivity index (χ4v) is 3.77. The summed E-state index contributed by atoms with van der Waals surface area (Å²) in [7, 11) is 0. The molecule has 1 fully saturated rings. The molecule has 19 heavy (non-hydrogen) atoms. The first-order valence-electron chi connectivity index (χ1n) is 7.67. The van der Waals surface area contributed by atoms with Gasteiger partial charge in [0.15, 0.2) is 0 Å². The Bertz CT molecular complexity index is 350. The number of nitrogens with one attached hydrogen (secondary N) is 1. The second-order valence-electron chi connectivity index (χ2n) is 5.98. The Hall–Kier alpha value is -0.470. The molecular weight excluding hydrogens is 250 g/mol. The van der Waals surface area contributed by atoms with Crippen LogP contribution < -0.4 is 5.32 Å². The lowest BCUT2D eigenvalue weighted by molar-refractivity contribution is 0.234. The van der Waals surface area contributed by atoms with Gasteiger partial charge in [-0.2, -0.15) is 0 Å². The Balaban J connectivity index is 1.63. The van der Waals surface area contributed by atoms with Gasteiger partial charge in [0.05, 0.1) is 0 Å². The topological polar surface area (TPSA) is 12.0 Å². The highest BCUT2D eigenvalue weighted by atomic mass is 32.2. The summed E-state index contributed by atoms with van der Waals surface area (Å²) in [6.07, 6.45) is 5.61. The lowest BCUT2D eigenvalue weighted by atomic mass is 9.79. The van der Waals surface area contributed by atoms with Gasteiger partial charge in [0.2, 0.25) is 0 Å². The maximum Gasteiger partial charge on any atom is 0.0106 e. The van der Waals surface area contributed by atoms with E-state index >= 15 is 0 Å². The minimum atomic E-state index is 0.762. The van der Waals surface area contributed by atoms with Crippen LogP contribution in [0.1, 0.15) is 39.5 Å². The Morgan fingerprint density at radius 1 is 1.21 bits per heavy atom. The standard InChI is InChI=1S/C17H27NS/c1-14(2)15-7-6-8-16(13-15)18-11-12-19-17-9-4-3-5-10-17/h3-5,9-10,14-16,18H,6-8,11-13H2,1-2H3. The van der Waals surface area contributed by atoms with Crippen molar-refractivity contribution in [2.24, 2.45) is 11.8 Å². The van der Waals surface area contributed by atoms with E-state index in [0.717, 1.165) is 24.4 Å². The van der Waals surface area contributed by atoms with Crippen LogP contribution in [-0.4, -0.2) is 18.3 Å². The van der Waals surface area contributed by atoms with Gasteiger partial charge in [0.1, 0.15) is 0 Å². The van der Waals surface area contributed by atoms with E-state index < -0.39 is 0 Å². The lowest BCUT2D eigenvalue weighted by Crippen LogP contribution is -2.36. The fraction of sp³-hybridized carbons (Fsp3) is 0.647. The molecule has 2 heteroatoms. The smallest absolute Gasteiger partial charge is 0.0106 e. The molecule has 1 saturated carbocycles. The molecule has 1 N–H and O–H groups in total. The van der Waals surface area contributed by atoms with Gasteiger partial charge in [0, 0.05) is 23.2 Å². The van der Waals surface area contributed by atoms with E-state index in [2.05, 4.69) is 49.5 Å². The van der Waals surface area contributed by atoms with Crippen LogP contribution in [0.4, 0.5) is 0 Å². The maximum absolute atomic E-state index is 3.76. The van der Waals surface area contributed by atoms with E-state index in [0.29, 0.717) is 0 Å². The third-order valence-corrected chi connectivity index (χ3v) is 5.22. The quantitative estimate of drug-likeness (QED) is 0.603. The molecule has 1 nitrogen and oxygen atoms in total. The third kappa shape index (κ3) is 5.19. The molecule has 1 aliphatic rings. The molecule has 1 aromatic rings. The van der Waals surface area contributed by atoms with Crippen molar-refractivity contribution in [3.8, 4) is 0 Å². The third-order valence-electron chi connectivity index (χ3n) is 4.20. The van der Waals surface area contributed by atoms with Crippen LogP contribution in [0, 0.1) is 11.8 Å². The number of thioether (sulfide) groups is 1. The second-order valence-corrected chi connectivity index (χ2v) is 7.15. The molecule has 2 rings (SSSR count). The summed E-state index contributed by atoms with van der Waals surface area (Å²) in [5, 5.41) is 3.76. The van der Waals surface area contributed by atoms with Gasteiger partial charge in [-0.25, -0.2) is 0 Å². The summed E-state index contributed by atoms with van der Waals surface area (Å²) in [5.41, 5.74) is 0. The summed E-state index contributed by atoms with van der Waals surface area (Å²) in [5.74, 6) is 2.96.